The molecule has 4 heteroatoms. The lowest BCUT2D eigenvalue weighted by Crippen LogP contribution is -2.26. The summed E-state index contributed by atoms with van der Waals surface area (Å²) in [5.74, 6) is 0.450. The highest BCUT2D eigenvalue weighted by atomic mass is 16.5. The molecular weight excluding hydrogens is 408 g/mol. The number of nitrogens with zero attached hydrogens (tertiary/aromatic N) is 1. The van der Waals surface area contributed by atoms with E-state index in [9.17, 15) is 4.79 Å². The van der Waals surface area contributed by atoms with Crippen LogP contribution in [0.4, 0.5) is 0 Å². The van der Waals surface area contributed by atoms with Gasteiger partial charge in [0.05, 0.1) is 7.11 Å². The Morgan fingerprint density at radius 1 is 0.879 bits per heavy atom. The van der Waals surface area contributed by atoms with Gasteiger partial charge in [0.2, 0.25) is 5.91 Å². The molecule has 0 aliphatic carbocycles. The number of ether oxygens (including phenoxy) is 1. The predicted octanol–water partition coefficient (Wildman–Crippen LogP) is 5.58. The van der Waals surface area contributed by atoms with E-state index in [0.717, 1.165) is 70.0 Å². The number of primary amides is 1. The number of amides is 1. The van der Waals surface area contributed by atoms with Crippen LogP contribution in [-0.2, 0) is 12.8 Å². The van der Waals surface area contributed by atoms with Gasteiger partial charge in [-0.15, -0.1) is 0 Å². The van der Waals surface area contributed by atoms with Crippen molar-refractivity contribution in [1.82, 2.24) is 4.90 Å². The number of likely N-dealkylation sites (N-methyl/N-ethyl adjacent to an activating group) is 1. The molecule has 0 bridgehead atoms. The molecule has 0 aliphatic heterocycles. The molecule has 33 heavy (non-hydrogen) atoms. The van der Waals surface area contributed by atoms with Crippen LogP contribution in [0.5, 0.6) is 5.75 Å². The van der Waals surface area contributed by atoms with E-state index in [-0.39, 0.29) is 5.91 Å². The first-order chi connectivity index (χ1) is 16.1. The summed E-state index contributed by atoms with van der Waals surface area (Å²) in [5.41, 5.74) is 9.75. The second-order valence-electron chi connectivity index (χ2n) is 8.40. The number of hydrogen-bond acceptors (Lipinski definition) is 3. The first-order valence-corrected chi connectivity index (χ1v) is 11.7. The van der Waals surface area contributed by atoms with Crippen molar-refractivity contribution in [2.45, 2.75) is 26.7 Å². The molecule has 4 rings (SSSR count). The van der Waals surface area contributed by atoms with E-state index in [1.165, 1.54) is 0 Å². The van der Waals surface area contributed by atoms with Crippen LogP contribution in [0.15, 0.2) is 66.7 Å². The van der Waals surface area contributed by atoms with Crippen LogP contribution in [0.25, 0.3) is 21.5 Å². The van der Waals surface area contributed by atoms with Crippen molar-refractivity contribution < 1.29 is 9.53 Å². The zero-order valence-corrected chi connectivity index (χ0v) is 19.7. The molecule has 0 aromatic heterocycles. The van der Waals surface area contributed by atoms with Gasteiger partial charge in [-0.05, 0) is 58.2 Å². The van der Waals surface area contributed by atoms with Crippen molar-refractivity contribution in [2.24, 2.45) is 5.73 Å². The minimum Gasteiger partial charge on any atom is -0.496 e. The Bertz CT molecular complexity index is 1290. The topological polar surface area (TPSA) is 55.6 Å². The quantitative estimate of drug-likeness (QED) is 0.370. The average molecular weight is 441 g/mol. The Morgan fingerprint density at radius 3 is 2.15 bits per heavy atom. The molecule has 170 valence electrons. The Kier molecular flexibility index (Phi) is 6.95. The maximum Gasteiger partial charge on any atom is 0.249 e. The van der Waals surface area contributed by atoms with Crippen molar-refractivity contribution in [3.63, 3.8) is 0 Å². The third kappa shape index (κ3) is 4.57. The summed E-state index contributed by atoms with van der Waals surface area (Å²) in [5, 5.41) is 4.47. The normalized spacial score (nSPS) is 11.4. The minimum atomic E-state index is -0.371. The fourth-order valence-corrected chi connectivity index (χ4v) is 4.86. The van der Waals surface area contributed by atoms with Gasteiger partial charge in [0, 0.05) is 24.1 Å². The lowest BCUT2D eigenvalue weighted by Gasteiger charge is -2.21. The van der Waals surface area contributed by atoms with Crippen molar-refractivity contribution in [2.75, 3.05) is 26.7 Å². The highest BCUT2D eigenvalue weighted by molar-refractivity contribution is 6.03. The molecule has 0 fully saturated rings. The van der Waals surface area contributed by atoms with Gasteiger partial charge in [0.15, 0.2) is 0 Å². The maximum absolute atomic E-state index is 12.9. The second-order valence-corrected chi connectivity index (χ2v) is 8.40. The number of rotatable bonds is 9. The van der Waals surface area contributed by atoms with Gasteiger partial charge in [-0.25, -0.2) is 0 Å². The van der Waals surface area contributed by atoms with Crippen LogP contribution < -0.4 is 10.5 Å². The molecule has 2 N–H and O–H groups in total. The largest absolute Gasteiger partial charge is 0.496 e. The lowest BCUT2D eigenvalue weighted by molar-refractivity contribution is 0.0998. The van der Waals surface area contributed by atoms with Crippen molar-refractivity contribution in [1.29, 1.82) is 0 Å². The van der Waals surface area contributed by atoms with Crippen LogP contribution in [-0.4, -0.2) is 37.6 Å². The first-order valence-electron chi connectivity index (χ1n) is 11.7. The highest BCUT2D eigenvalue weighted by Crippen LogP contribution is 2.35. The maximum atomic E-state index is 12.9. The monoisotopic (exact) mass is 440 g/mol. The number of hydrogen-bond donors (Lipinski definition) is 1. The van der Waals surface area contributed by atoms with Gasteiger partial charge < -0.3 is 15.4 Å². The minimum absolute atomic E-state index is 0.371. The molecule has 4 aromatic carbocycles. The molecule has 0 saturated carbocycles. The summed E-state index contributed by atoms with van der Waals surface area (Å²) in [6, 6.07) is 22.8. The molecular formula is C29H32N2O2. The summed E-state index contributed by atoms with van der Waals surface area (Å²) in [4.78, 5) is 15.2. The van der Waals surface area contributed by atoms with Crippen LogP contribution in [0.3, 0.4) is 0 Å². The number of benzene rings is 4. The van der Waals surface area contributed by atoms with E-state index in [4.69, 9.17) is 10.5 Å². The summed E-state index contributed by atoms with van der Waals surface area (Å²) in [7, 11) is 1.70. The van der Waals surface area contributed by atoms with E-state index in [2.05, 4.69) is 55.1 Å². The van der Waals surface area contributed by atoms with Crippen molar-refractivity contribution in [3.05, 3.63) is 89.0 Å². The van der Waals surface area contributed by atoms with Crippen LogP contribution in [0.1, 0.15) is 40.9 Å². The fraction of sp³-hybridized carbons (Fsp3) is 0.276. The predicted molar refractivity (Wildman–Crippen MR) is 137 cm³/mol. The van der Waals surface area contributed by atoms with E-state index in [1.807, 2.05) is 30.3 Å². The van der Waals surface area contributed by atoms with E-state index in [0.29, 0.717) is 12.0 Å². The second kappa shape index (κ2) is 10.1. The summed E-state index contributed by atoms with van der Waals surface area (Å²) in [6.07, 6.45) is 1.35. The van der Waals surface area contributed by atoms with Gasteiger partial charge in [-0.3, -0.25) is 4.79 Å². The molecule has 0 unspecified atom stereocenters. The third-order valence-electron chi connectivity index (χ3n) is 6.65. The Hall–Kier alpha value is -3.37. The average Bonchev–Trinajstić information content (AvgIpc) is 2.84. The number of nitrogens with two attached hydrogens (primary N) is 1. The number of methoxy groups -OCH3 is 1. The van der Waals surface area contributed by atoms with Crippen LogP contribution >= 0.6 is 0 Å². The van der Waals surface area contributed by atoms with Crippen LogP contribution in [0.2, 0.25) is 0 Å². The smallest absolute Gasteiger partial charge is 0.249 e. The third-order valence-corrected chi connectivity index (χ3v) is 6.65. The van der Waals surface area contributed by atoms with Crippen LogP contribution in [0, 0.1) is 0 Å². The van der Waals surface area contributed by atoms with Gasteiger partial charge in [0.25, 0.3) is 0 Å². The molecule has 0 spiro atoms. The van der Waals surface area contributed by atoms with Crippen molar-refractivity contribution in [3.8, 4) is 5.75 Å². The number of carbonyl (C=O) groups is 1. The summed E-state index contributed by atoms with van der Waals surface area (Å²) < 4.78 is 5.75. The molecule has 4 nitrogen and oxygen atoms in total. The highest BCUT2D eigenvalue weighted by Gasteiger charge is 2.20. The van der Waals surface area contributed by atoms with E-state index < -0.39 is 0 Å². The number of carbonyl (C=O) groups excluding carboxylic acids is 1. The van der Waals surface area contributed by atoms with E-state index >= 15 is 0 Å². The first kappa shape index (κ1) is 22.8. The van der Waals surface area contributed by atoms with Crippen molar-refractivity contribution >= 4 is 27.5 Å². The van der Waals surface area contributed by atoms with Gasteiger partial charge in [-0.1, -0.05) is 74.5 Å². The molecule has 1 amide bonds. The SMILES string of the molecule is CCN(CC)CCc1cc2ccccc2c(Cc2c(OC)ccc3ccccc23)c1C(N)=O. The van der Waals surface area contributed by atoms with Gasteiger partial charge in [0.1, 0.15) is 5.75 Å². The molecule has 0 radical (unpaired) electrons. The summed E-state index contributed by atoms with van der Waals surface area (Å²) in [6.45, 7) is 7.18. The zero-order chi connectivity index (χ0) is 23.4. The molecule has 4 aromatic rings. The Morgan fingerprint density at radius 2 is 1.52 bits per heavy atom. The molecule has 0 aliphatic rings. The number of fused-ring (bicyclic) bond motifs is 2. The summed E-state index contributed by atoms with van der Waals surface area (Å²) >= 11 is 0. The van der Waals surface area contributed by atoms with E-state index in [1.54, 1.807) is 7.11 Å². The lowest BCUT2D eigenvalue weighted by atomic mass is 9.87. The van der Waals surface area contributed by atoms with Gasteiger partial charge >= 0.3 is 0 Å². The zero-order valence-electron chi connectivity index (χ0n) is 19.7. The fourth-order valence-electron chi connectivity index (χ4n) is 4.86. The molecule has 0 heterocycles. The standard InChI is InChI=1S/C29H32N2O2/c1-4-31(5-2)17-16-22-18-21-11-7-9-13-24(21)26(28(22)29(30)32)19-25-23-12-8-6-10-20(23)14-15-27(25)33-3/h6-15,18H,4-5,16-17,19H2,1-3H3,(H2,30,32). The molecule has 0 atom stereocenters. The molecule has 0 saturated heterocycles. The Balaban J connectivity index is 1.93. The van der Waals surface area contributed by atoms with Gasteiger partial charge in [-0.2, -0.15) is 0 Å². The Labute approximate surface area is 196 Å².